The van der Waals surface area contributed by atoms with Crippen LogP contribution in [0.4, 0.5) is 17.1 Å². The van der Waals surface area contributed by atoms with Crippen LogP contribution in [0.3, 0.4) is 0 Å². The van der Waals surface area contributed by atoms with E-state index in [1.54, 1.807) is 0 Å². The predicted octanol–water partition coefficient (Wildman–Crippen LogP) is 17.3. The van der Waals surface area contributed by atoms with Gasteiger partial charge in [-0.05, 0) is 136 Å². The second-order valence-corrected chi connectivity index (χ2v) is 17.5. The number of rotatable bonds is 7. The van der Waals surface area contributed by atoms with Crippen molar-refractivity contribution < 1.29 is 0 Å². The fourth-order valence-corrected chi connectivity index (χ4v) is 11.3. The molecule has 0 amide bonds. The van der Waals surface area contributed by atoms with E-state index in [9.17, 15) is 0 Å². The van der Waals surface area contributed by atoms with E-state index in [2.05, 4.69) is 266 Å². The Kier molecular flexibility index (Phi) is 8.82. The SMILES string of the molecule is c1ccc(-c2ccc(N(c3ccc(-c4ccccc4)cc3)c3ccc(-c4c5c(c6ccccc6c4-c4ccccc4)C4(c6ccccc6-c6ccccc64)c4ccccc4-5)cc3)cc2)cc1. The molecule has 13 rings (SSSR count). The Hall–Kier alpha value is -8.52. The quantitative estimate of drug-likeness (QED) is 0.155. The molecule has 0 saturated heterocycles. The summed E-state index contributed by atoms with van der Waals surface area (Å²) in [6.45, 7) is 0. The summed E-state index contributed by atoms with van der Waals surface area (Å²) in [4.78, 5) is 2.38. The highest BCUT2D eigenvalue weighted by molar-refractivity contribution is 6.16. The van der Waals surface area contributed by atoms with Gasteiger partial charge >= 0.3 is 0 Å². The number of hydrogen-bond acceptors (Lipinski definition) is 1. The van der Waals surface area contributed by atoms with Crippen LogP contribution in [0.25, 0.3) is 77.5 Å². The molecule has 1 spiro atoms. The number of nitrogens with zero attached hydrogens (tertiary/aromatic N) is 1. The van der Waals surface area contributed by atoms with Gasteiger partial charge in [0.05, 0.1) is 5.41 Å². The van der Waals surface area contributed by atoms with Gasteiger partial charge < -0.3 is 4.90 Å². The zero-order valence-corrected chi connectivity index (χ0v) is 36.3. The van der Waals surface area contributed by atoms with E-state index in [0.717, 1.165) is 17.1 Å². The van der Waals surface area contributed by atoms with Crippen molar-refractivity contribution in [1.82, 2.24) is 0 Å². The van der Waals surface area contributed by atoms with Crippen molar-refractivity contribution in [3.05, 3.63) is 283 Å². The first-order chi connectivity index (χ1) is 32.8. The number of hydrogen-bond donors (Lipinski definition) is 0. The highest BCUT2D eigenvalue weighted by atomic mass is 15.1. The standard InChI is InChI=1S/C65H43N/c1-4-18-44(19-5-1)46-32-38-50(39-33-46)66(51-40-34-47(35-41-51)45-20-6-2-7-21-45)52-42-36-49(37-43-52)62-61(48-22-8-3-9-23-48)55-26-10-11-27-56(55)64-63(62)57-28-14-17-31-60(57)65(64)58-29-15-12-24-53(58)54-25-13-16-30-59(54)65/h1-43H. The molecule has 308 valence electrons. The van der Waals surface area contributed by atoms with Gasteiger partial charge in [0, 0.05) is 17.1 Å². The van der Waals surface area contributed by atoms with Crippen molar-refractivity contribution in [3.63, 3.8) is 0 Å². The molecule has 0 bridgehead atoms. The summed E-state index contributed by atoms with van der Waals surface area (Å²) in [5.74, 6) is 0. The fraction of sp³-hybridized carbons (Fsp3) is 0.0154. The minimum Gasteiger partial charge on any atom is -0.311 e. The van der Waals surface area contributed by atoms with Gasteiger partial charge in [0.15, 0.2) is 0 Å². The molecule has 11 aromatic carbocycles. The maximum absolute atomic E-state index is 2.39. The van der Waals surface area contributed by atoms with E-state index >= 15 is 0 Å². The maximum Gasteiger partial charge on any atom is 0.0731 e. The molecule has 0 aliphatic heterocycles. The molecule has 0 atom stereocenters. The Labute approximate surface area is 386 Å². The molecule has 0 radical (unpaired) electrons. The highest BCUT2D eigenvalue weighted by Gasteiger charge is 2.53. The maximum atomic E-state index is 2.39. The van der Waals surface area contributed by atoms with Gasteiger partial charge in [-0.3, -0.25) is 0 Å². The molecular formula is C65H43N. The monoisotopic (exact) mass is 837 g/mol. The largest absolute Gasteiger partial charge is 0.311 e. The molecule has 11 aromatic rings. The van der Waals surface area contributed by atoms with Crippen LogP contribution in [0.5, 0.6) is 0 Å². The van der Waals surface area contributed by atoms with Crippen molar-refractivity contribution in [2.45, 2.75) is 5.41 Å². The number of anilines is 3. The third kappa shape index (κ3) is 5.73. The van der Waals surface area contributed by atoms with E-state index in [1.807, 2.05) is 0 Å². The Balaban J connectivity index is 1.05. The third-order valence-corrected chi connectivity index (χ3v) is 14.1. The van der Waals surface area contributed by atoms with Crippen molar-refractivity contribution in [2.75, 3.05) is 4.90 Å². The smallest absolute Gasteiger partial charge is 0.0731 e. The Morgan fingerprint density at radius 1 is 0.227 bits per heavy atom. The van der Waals surface area contributed by atoms with E-state index in [1.165, 1.54) is 99.8 Å². The first-order valence-electron chi connectivity index (χ1n) is 22.9. The van der Waals surface area contributed by atoms with Crippen LogP contribution in [0.2, 0.25) is 0 Å². The second-order valence-electron chi connectivity index (χ2n) is 17.5. The Morgan fingerprint density at radius 3 is 1.05 bits per heavy atom. The molecule has 0 fully saturated rings. The van der Waals surface area contributed by atoms with Crippen LogP contribution in [0.1, 0.15) is 22.3 Å². The topological polar surface area (TPSA) is 3.24 Å². The molecule has 66 heavy (non-hydrogen) atoms. The third-order valence-electron chi connectivity index (χ3n) is 14.1. The van der Waals surface area contributed by atoms with Gasteiger partial charge in [0.25, 0.3) is 0 Å². The number of fused-ring (bicyclic) bond motifs is 12. The van der Waals surface area contributed by atoms with Gasteiger partial charge in [-0.15, -0.1) is 0 Å². The van der Waals surface area contributed by atoms with E-state index in [4.69, 9.17) is 0 Å². The van der Waals surface area contributed by atoms with Crippen LogP contribution in [-0.2, 0) is 5.41 Å². The first kappa shape index (κ1) is 38.0. The molecule has 0 unspecified atom stereocenters. The summed E-state index contributed by atoms with van der Waals surface area (Å²) in [7, 11) is 0. The molecular weight excluding hydrogens is 795 g/mol. The normalized spacial score (nSPS) is 12.7. The van der Waals surface area contributed by atoms with Gasteiger partial charge in [0.2, 0.25) is 0 Å². The zero-order chi connectivity index (χ0) is 43.6. The lowest BCUT2D eigenvalue weighted by Gasteiger charge is -2.32. The molecule has 2 aliphatic rings. The molecule has 0 saturated carbocycles. The minimum atomic E-state index is -0.489. The summed E-state index contributed by atoms with van der Waals surface area (Å²) in [5.41, 5.74) is 23.1. The molecule has 0 heterocycles. The average molecular weight is 838 g/mol. The lowest BCUT2D eigenvalue weighted by Crippen LogP contribution is -2.26. The van der Waals surface area contributed by atoms with Crippen LogP contribution >= 0.6 is 0 Å². The van der Waals surface area contributed by atoms with E-state index < -0.39 is 5.41 Å². The van der Waals surface area contributed by atoms with Crippen molar-refractivity contribution in [2.24, 2.45) is 0 Å². The lowest BCUT2D eigenvalue weighted by molar-refractivity contribution is 0.801. The molecule has 0 aromatic heterocycles. The van der Waals surface area contributed by atoms with Crippen LogP contribution in [0, 0.1) is 0 Å². The zero-order valence-electron chi connectivity index (χ0n) is 36.3. The van der Waals surface area contributed by atoms with Crippen LogP contribution in [-0.4, -0.2) is 0 Å². The van der Waals surface area contributed by atoms with Crippen LogP contribution < -0.4 is 4.90 Å². The summed E-state index contributed by atoms with van der Waals surface area (Å²) in [5, 5.41) is 2.55. The predicted molar refractivity (Wildman–Crippen MR) is 277 cm³/mol. The summed E-state index contributed by atoms with van der Waals surface area (Å²) in [6, 6.07) is 96.2. The van der Waals surface area contributed by atoms with E-state index in [0.29, 0.717) is 0 Å². The summed E-state index contributed by atoms with van der Waals surface area (Å²) >= 11 is 0. The molecule has 2 aliphatic carbocycles. The van der Waals surface area contributed by atoms with Gasteiger partial charge in [-0.2, -0.15) is 0 Å². The van der Waals surface area contributed by atoms with Gasteiger partial charge in [0.1, 0.15) is 0 Å². The minimum absolute atomic E-state index is 0.489. The highest BCUT2D eigenvalue weighted by Crippen LogP contribution is 2.66. The summed E-state index contributed by atoms with van der Waals surface area (Å²) in [6.07, 6.45) is 0. The number of benzene rings is 11. The Bertz CT molecular complexity index is 3460. The lowest BCUT2D eigenvalue weighted by atomic mass is 9.68. The fourth-order valence-electron chi connectivity index (χ4n) is 11.3. The first-order valence-corrected chi connectivity index (χ1v) is 22.9. The van der Waals surface area contributed by atoms with Crippen molar-refractivity contribution in [1.29, 1.82) is 0 Å². The molecule has 0 N–H and O–H groups in total. The summed E-state index contributed by atoms with van der Waals surface area (Å²) < 4.78 is 0. The second kappa shape index (κ2) is 15.3. The molecule has 1 nitrogen and oxygen atoms in total. The van der Waals surface area contributed by atoms with Gasteiger partial charge in [-0.1, -0.05) is 224 Å². The Morgan fingerprint density at radius 2 is 0.561 bits per heavy atom. The molecule has 1 heteroatoms. The average Bonchev–Trinajstić information content (AvgIpc) is 3.88. The van der Waals surface area contributed by atoms with Crippen LogP contribution in [0.15, 0.2) is 261 Å². The van der Waals surface area contributed by atoms with Gasteiger partial charge in [-0.25, -0.2) is 0 Å². The van der Waals surface area contributed by atoms with Crippen molar-refractivity contribution >= 4 is 27.8 Å². The van der Waals surface area contributed by atoms with Crippen molar-refractivity contribution in [3.8, 4) is 66.8 Å². The van der Waals surface area contributed by atoms with E-state index in [-0.39, 0.29) is 0 Å².